The van der Waals surface area contributed by atoms with Gasteiger partial charge in [0.05, 0.1) is 6.04 Å². The first-order valence-corrected chi connectivity index (χ1v) is 6.53. The van der Waals surface area contributed by atoms with Crippen molar-refractivity contribution in [2.24, 2.45) is 11.7 Å². The topological polar surface area (TPSA) is 55.1 Å². The first-order chi connectivity index (χ1) is 8.45. The van der Waals surface area contributed by atoms with E-state index in [1.165, 1.54) is 16.7 Å². The molecule has 2 atom stereocenters. The van der Waals surface area contributed by atoms with Crippen LogP contribution in [-0.2, 0) is 4.79 Å². The maximum Gasteiger partial charge on any atom is 0.223 e. The van der Waals surface area contributed by atoms with Crippen LogP contribution in [0, 0.1) is 19.8 Å². The second-order valence-corrected chi connectivity index (χ2v) is 5.07. The molecule has 1 rings (SSSR count). The molecule has 0 aromatic heterocycles. The van der Waals surface area contributed by atoms with Crippen LogP contribution in [-0.4, -0.2) is 12.5 Å². The summed E-state index contributed by atoms with van der Waals surface area (Å²) in [5.74, 6) is 0.0520. The second kappa shape index (κ2) is 6.55. The summed E-state index contributed by atoms with van der Waals surface area (Å²) >= 11 is 0. The third-order valence-corrected chi connectivity index (χ3v) is 3.30. The van der Waals surface area contributed by atoms with Gasteiger partial charge in [-0.3, -0.25) is 4.79 Å². The molecule has 0 bridgehead atoms. The Kier molecular flexibility index (Phi) is 5.35. The van der Waals surface area contributed by atoms with E-state index in [-0.39, 0.29) is 17.9 Å². The molecule has 0 aliphatic carbocycles. The molecule has 3 nitrogen and oxygen atoms in total. The zero-order valence-corrected chi connectivity index (χ0v) is 11.8. The minimum absolute atomic E-state index is 0.0248. The van der Waals surface area contributed by atoms with Crippen LogP contribution < -0.4 is 11.1 Å². The summed E-state index contributed by atoms with van der Waals surface area (Å²) in [5.41, 5.74) is 9.10. The minimum Gasteiger partial charge on any atom is -0.349 e. The second-order valence-electron chi connectivity index (χ2n) is 5.07. The van der Waals surface area contributed by atoms with E-state index >= 15 is 0 Å². The van der Waals surface area contributed by atoms with Gasteiger partial charge >= 0.3 is 0 Å². The molecule has 1 aromatic rings. The van der Waals surface area contributed by atoms with Gasteiger partial charge in [-0.1, -0.05) is 30.7 Å². The van der Waals surface area contributed by atoms with E-state index in [2.05, 4.69) is 37.4 Å². The van der Waals surface area contributed by atoms with Crippen molar-refractivity contribution in [2.45, 2.75) is 40.2 Å². The molecule has 0 aliphatic heterocycles. The Labute approximate surface area is 110 Å². The van der Waals surface area contributed by atoms with Crippen LogP contribution in [0.2, 0.25) is 0 Å². The van der Waals surface area contributed by atoms with E-state index in [0.29, 0.717) is 6.54 Å². The highest BCUT2D eigenvalue weighted by Gasteiger charge is 2.16. The highest BCUT2D eigenvalue weighted by atomic mass is 16.1. The first-order valence-electron chi connectivity index (χ1n) is 6.53. The lowest BCUT2D eigenvalue weighted by Gasteiger charge is -2.19. The van der Waals surface area contributed by atoms with E-state index in [4.69, 9.17) is 5.73 Å². The van der Waals surface area contributed by atoms with Crippen LogP contribution in [0.25, 0.3) is 0 Å². The van der Waals surface area contributed by atoms with Crippen molar-refractivity contribution in [3.63, 3.8) is 0 Å². The molecule has 0 saturated heterocycles. The van der Waals surface area contributed by atoms with Crippen molar-refractivity contribution in [3.05, 3.63) is 34.9 Å². The van der Waals surface area contributed by atoms with Crippen molar-refractivity contribution < 1.29 is 4.79 Å². The fourth-order valence-electron chi connectivity index (χ4n) is 2.13. The first kappa shape index (κ1) is 14.7. The van der Waals surface area contributed by atoms with Crippen molar-refractivity contribution in [3.8, 4) is 0 Å². The van der Waals surface area contributed by atoms with Crippen molar-refractivity contribution in [1.82, 2.24) is 5.32 Å². The van der Waals surface area contributed by atoms with E-state index < -0.39 is 0 Å². The molecule has 0 aliphatic rings. The number of amides is 1. The summed E-state index contributed by atoms with van der Waals surface area (Å²) in [6, 6.07) is 6.34. The van der Waals surface area contributed by atoms with Gasteiger partial charge in [0.25, 0.3) is 0 Å². The molecule has 2 unspecified atom stereocenters. The van der Waals surface area contributed by atoms with Crippen LogP contribution in [0.3, 0.4) is 0 Å². The van der Waals surface area contributed by atoms with E-state index in [0.717, 1.165) is 6.42 Å². The van der Waals surface area contributed by atoms with Crippen molar-refractivity contribution >= 4 is 5.91 Å². The monoisotopic (exact) mass is 248 g/mol. The Morgan fingerprint density at radius 2 is 2.00 bits per heavy atom. The highest BCUT2D eigenvalue weighted by molar-refractivity contribution is 5.78. The average Bonchev–Trinajstić information content (AvgIpc) is 2.28. The lowest BCUT2D eigenvalue weighted by molar-refractivity contribution is -0.125. The molecule has 0 fully saturated rings. The predicted octanol–water partition coefficient (Wildman–Crippen LogP) is 2.47. The van der Waals surface area contributed by atoms with E-state index in [9.17, 15) is 4.79 Å². The highest BCUT2D eigenvalue weighted by Crippen LogP contribution is 2.19. The molecule has 0 spiro atoms. The smallest absolute Gasteiger partial charge is 0.223 e. The van der Waals surface area contributed by atoms with E-state index in [1.807, 2.05) is 13.8 Å². The van der Waals surface area contributed by atoms with Gasteiger partial charge in [0.15, 0.2) is 0 Å². The number of benzene rings is 1. The minimum atomic E-state index is -0.0248. The number of hydrogen-bond acceptors (Lipinski definition) is 2. The number of nitrogens with two attached hydrogens (primary N) is 1. The molecular formula is C15H24N2O. The number of carbonyl (C=O) groups is 1. The van der Waals surface area contributed by atoms with Crippen LogP contribution in [0.4, 0.5) is 0 Å². The zero-order valence-electron chi connectivity index (χ0n) is 11.8. The lowest BCUT2D eigenvalue weighted by atomic mass is 9.99. The summed E-state index contributed by atoms with van der Waals surface area (Å²) in [4.78, 5) is 11.9. The summed E-state index contributed by atoms with van der Waals surface area (Å²) < 4.78 is 0. The van der Waals surface area contributed by atoms with Crippen molar-refractivity contribution in [2.75, 3.05) is 6.54 Å². The van der Waals surface area contributed by atoms with Crippen LogP contribution >= 0.6 is 0 Å². The third kappa shape index (κ3) is 3.84. The molecule has 1 aromatic carbocycles. The predicted molar refractivity (Wildman–Crippen MR) is 75.3 cm³/mol. The third-order valence-electron chi connectivity index (χ3n) is 3.30. The lowest BCUT2D eigenvalue weighted by Crippen LogP contribution is -2.32. The Bertz CT molecular complexity index is 415. The summed E-state index contributed by atoms with van der Waals surface area (Å²) in [5, 5.41) is 3.05. The number of rotatable bonds is 5. The summed E-state index contributed by atoms with van der Waals surface area (Å²) in [6.07, 6.45) is 0.728. The fourth-order valence-corrected chi connectivity index (χ4v) is 2.13. The molecular weight excluding hydrogens is 224 g/mol. The SMILES string of the molecule is Cc1ccc(C(C)NC(=O)C(C)CCN)c(C)c1. The zero-order chi connectivity index (χ0) is 13.7. The normalized spacial score (nSPS) is 14.1. The van der Waals surface area contributed by atoms with Gasteiger partial charge in [0.2, 0.25) is 5.91 Å². The molecule has 1 amide bonds. The Balaban J connectivity index is 2.70. The van der Waals surface area contributed by atoms with Gasteiger partial charge in [0, 0.05) is 5.92 Å². The number of nitrogens with one attached hydrogen (secondary N) is 1. The number of carbonyl (C=O) groups excluding carboxylic acids is 1. The largest absolute Gasteiger partial charge is 0.349 e. The van der Waals surface area contributed by atoms with Gasteiger partial charge in [-0.15, -0.1) is 0 Å². The van der Waals surface area contributed by atoms with Gasteiger partial charge in [-0.2, -0.15) is 0 Å². The van der Waals surface area contributed by atoms with Gasteiger partial charge in [-0.05, 0) is 44.9 Å². The standard InChI is InChI=1S/C15H24N2O/c1-10-5-6-14(12(3)9-10)13(4)17-15(18)11(2)7-8-16/h5-6,9,11,13H,7-8,16H2,1-4H3,(H,17,18). The maximum absolute atomic E-state index is 11.9. The fraction of sp³-hybridized carbons (Fsp3) is 0.533. The molecule has 3 heteroatoms. The molecule has 0 heterocycles. The van der Waals surface area contributed by atoms with Crippen LogP contribution in [0.1, 0.15) is 43.0 Å². The molecule has 3 N–H and O–H groups in total. The Morgan fingerprint density at radius 1 is 1.33 bits per heavy atom. The summed E-state index contributed by atoms with van der Waals surface area (Å²) in [7, 11) is 0. The van der Waals surface area contributed by atoms with Gasteiger partial charge < -0.3 is 11.1 Å². The van der Waals surface area contributed by atoms with Crippen molar-refractivity contribution in [1.29, 1.82) is 0 Å². The molecule has 18 heavy (non-hydrogen) atoms. The Hall–Kier alpha value is -1.35. The molecule has 0 radical (unpaired) electrons. The summed E-state index contributed by atoms with van der Waals surface area (Å²) in [6.45, 7) is 8.63. The van der Waals surface area contributed by atoms with Crippen LogP contribution in [0.15, 0.2) is 18.2 Å². The molecule has 0 saturated carbocycles. The van der Waals surface area contributed by atoms with Crippen LogP contribution in [0.5, 0.6) is 0 Å². The average molecular weight is 248 g/mol. The number of hydrogen-bond donors (Lipinski definition) is 2. The molecule has 100 valence electrons. The Morgan fingerprint density at radius 3 is 2.56 bits per heavy atom. The van der Waals surface area contributed by atoms with Gasteiger partial charge in [-0.25, -0.2) is 0 Å². The van der Waals surface area contributed by atoms with E-state index in [1.54, 1.807) is 0 Å². The van der Waals surface area contributed by atoms with Gasteiger partial charge in [0.1, 0.15) is 0 Å². The quantitative estimate of drug-likeness (QED) is 0.841. The maximum atomic E-state index is 11.9. The number of aryl methyl sites for hydroxylation is 2.